The smallest absolute Gasteiger partial charge is 0.251 e. The number of benzene rings is 2. The van der Waals surface area contributed by atoms with Crippen molar-refractivity contribution >= 4 is 24.2 Å². The fourth-order valence-electron chi connectivity index (χ4n) is 3.50. The molecule has 2 aromatic carbocycles. The summed E-state index contributed by atoms with van der Waals surface area (Å²) in [4.78, 5) is 26.8. The van der Waals surface area contributed by atoms with E-state index in [1.54, 1.807) is 0 Å². The number of nitrogens with one attached hydrogen (secondary N) is 1. The third-order valence-corrected chi connectivity index (χ3v) is 5.19. The predicted octanol–water partition coefficient (Wildman–Crippen LogP) is 3.23. The molecule has 1 fully saturated rings. The summed E-state index contributed by atoms with van der Waals surface area (Å²) < 4.78 is 0. The second-order valence-corrected chi connectivity index (χ2v) is 7.16. The van der Waals surface area contributed by atoms with Gasteiger partial charge in [0.1, 0.15) is 0 Å². The van der Waals surface area contributed by atoms with Crippen molar-refractivity contribution < 1.29 is 9.59 Å². The molecule has 150 valence electrons. The van der Waals surface area contributed by atoms with E-state index in [0.717, 1.165) is 24.0 Å². The first-order chi connectivity index (χ1) is 13.0. The largest absolute Gasteiger partial charge is 0.349 e. The van der Waals surface area contributed by atoms with E-state index >= 15 is 0 Å². The van der Waals surface area contributed by atoms with Crippen molar-refractivity contribution in [1.82, 2.24) is 10.2 Å². The average Bonchev–Trinajstić information content (AvgIpc) is 2.69. The molecule has 5 nitrogen and oxygen atoms in total. The zero-order chi connectivity index (χ0) is 19.2. The van der Waals surface area contributed by atoms with E-state index in [-0.39, 0.29) is 36.3 Å². The molecule has 2 amide bonds. The van der Waals surface area contributed by atoms with Crippen molar-refractivity contribution in [2.75, 3.05) is 13.1 Å². The number of carbonyl (C=O) groups excluding carboxylic acids is 2. The Labute approximate surface area is 172 Å². The van der Waals surface area contributed by atoms with Crippen LogP contribution in [0.4, 0.5) is 0 Å². The monoisotopic (exact) mass is 401 g/mol. The average molecular weight is 402 g/mol. The van der Waals surface area contributed by atoms with E-state index in [1.807, 2.05) is 66.4 Å². The van der Waals surface area contributed by atoms with Gasteiger partial charge in [-0.05, 0) is 37.0 Å². The van der Waals surface area contributed by atoms with Gasteiger partial charge in [0.25, 0.3) is 5.91 Å². The van der Waals surface area contributed by atoms with E-state index in [4.69, 9.17) is 5.73 Å². The van der Waals surface area contributed by atoms with Crippen LogP contribution >= 0.6 is 12.4 Å². The van der Waals surface area contributed by atoms with Crippen LogP contribution in [0.25, 0.3) is 0 Å². The van der Waals surface area contributed by atoms with Gasteiger partial charge < -0.3 is 16.0 Å². The fourth-order valence-corrected chi connectivity index (χ4v) is 3.50. The van der Waals surface area contributed by atoms with Gasteiger partial charge in [0.05, 0.1) is 0 Å². The molecule has 1 saturated heterocycles. The van der Waals surface area contributed by atoms with Crippen LogP contribution in [0.3, 0.4) is 0 Å². The van der Waals surface area contributed by atoms with Crippen LogP contribution in [-0.4, -0.2) is 35.8 Å². The summed E-state index contributed by atoms with van der Waals surface area (Å²) in [5, 5.41) is 3.10. The number of likely N-dealkylation sites (tertiary alicyclic amines) is 1. The second kappa shape index (κ2) is 10.2. The Morgan fingerprint density at radius 3 is 2.32 bits per heavy atom. The summed E-state index contributed by atoms with van der Waals surface area (Å²) in [6, 6.07) is 17.1. The van der Waals surface area contributed by atoms with Crippen LogP contribution in [0.1, 0.15) is 46.8 Å². The number of hydrogen-bond donors (Lipinski definition) is 2. The molecule has 6 heteroatoms. The lowest BCUT2D eigenvalue weighted by Crippen LogP contribution is -2.47. The topological polar surface area (TPSA) is 75.4 Å². The van der Waals surface area contributed by atoms with Crippen molar-refractivity contribution in [3.8, 4) is 0 Å². The molecule has 1 aliphatic rings. The maximum absolute atomic E-state index is 12.5. The van der Waals surface area contributed by atoms with E-state index in [0.29, 0.717) is 25.1 Å². The van der Waals surface area contributed by atoms with Crippen LogP contribution < -0.4 is 11.1 Å². The number of halogens is 1. The maximum Gasteiger partial charge on any atom is 0.251 e. The summed E-state index contributed by atoms with van der Waals surface area (Å²) >= 11 is 0. The number of piperidine rings is 1. The summed E-state index contributed by atoms with van der Waals surface area (Å²) in [7, 11) is 0. The van der Waals surface area contributed by atoms with Gasteiger partial charge in [-0.15, -0.1) is 12.4 Å². The van der Waals surface area contributed by atoms with Crippen molar-refractivity contribution in [1.29, 1.82) is 0 Å². The van der Waals surface area contributed by atoms with Crippen LogP contribution in [-0.2, 0) is 4.79 Å². The Balaban J connectivity index is 0.00000280. The molecular formula is C22H28ClN3O2. The van der Waals surface area contributed by atoms with Gasteiger partial charge in [-0.1, -0.05) is 48.5 Å². The Morgan fingerprint density at radius 1 is 1.07 bits per heavy atom. The highest BCUT2D eigenvalue weighted by molar-refractivity contribution is 5.95. The lowest BCUT2D eigenvalue weighted by Gasteiger charge is -2.33. The summed E-state index contributed by atoms with van der Waals surface area (Å²) in [6.07, 6.45) is 1.85. The number of hydrogen-bond acceptors (Lipinski definition) is 3. The lowest BCUT2D eigenvalue weighted by molar-refractivity contribution is -0.132. The third-order valence-electron chi connectivity index (χ3n) is 5.19. The molecule has 28 heavy (non-hydrogen) atoms. The molecule has 1 aliphatic heterocycles. The van der Waals surface area contributed by atoms with Crippen LogP contribution in [0.15, 0.2) is 54.6 Å². The zero-order valence-corrected chi connectivity index (χ0v) is 17.0. The van der Waals surface area contributed by atoms with E-state index in [2.05, 4.69) is 5.32 Å². The summed E-state index contributed by atoms with van der Waals surface area (Å²) in [6.45, 7) is 3.24. The van der Waals surface area contributed by atoms with Crippen LogP contribution in [0.5, 0.6) is 0 Å². The number of aryl methyl sites for hydroxylation is 1. The maximum atomic E-state index is 12.5. The first-order valence-corrected chi connectivity index (χ1v) is 9.49. The highest BCUT2D eigenvalue weighted by Gasteiger charge is 2.25. The number of carbonyl (C=O) groups is 2. The van der Waals surface area contributed by atoms with Crippen molar-refractivity contribution in [3.63, 3.8) is 0 Å². The van der Waals surface area contributed by atoms with Gasteiger partial charge in [-0.25, -0.2) is 0 Å². The molecule has 1 atom stereocenters. The second-order valence-electron chi connectivity index (χ2n) is 7.16. The number of nitrogens with zero attached hydrogens (tertiary/aromatic N) is 1. The molecule has 0 aliphatic carbocycles. The molecule has 0 aromatic heterocycles. The van der Waals surface area contributed by atoms with Gasteiger partial charge >= 0.3 is 0 Å². The molecule has 3 rings (SSSR count). The molecule has 0 spiro atoms. The van der Waals surface area contributed by atoms with Crippen molar-refractivity contribution in [2.45, 2.75) is 38.3 Å². The van der Waals surface area contributed by atoms with Gasteiger partial charge in [0, 0.05) is 37.2 Å². The molecular weight excluding hydrogens is 374 g/mol. The zero-order valence-electron chi connectivity index (χ0n) is 16.1. The highest BCUT2D eigenvalue weighted by atomic mass is 35.5. The lowest BCUT2D eigenvalue weighted by atomic mass is 10.0. The quantitative estimate of drug-likeness (QED) is 0.807. The van der Waals surface area contributed by atoms with Crippen molar-refractivity contribution in [3.05, 3.63) is 71.3 Å². The van der Waals surface area contributed by atoms with E-state index in [1.165, 1.54) is 0 Å². The molecule has 0 radical (unpaired) electrons. The predicted molar refractivity (Wildman–Crippen MR) is 113 cm³/mol. The molecule has 2 aromatic rings. The number of amides is 2. The molecule has 0 saturated carbocycles. The van der Waals surface area contributed by atoms with Gasteiger partial charge in [0.2, 0.25) is 5.91 Å². The highest BCUT2D eigenvalue weighted by Crippen LogP contribution is 2.18. The first-order valence-electron chi connectivity index (χ1n) is 9.49. The number of rotatable bonds is 5. The summed E-state index contributed by atoms with van der Waals surface area (Å²) in [5.74, 6) is 0.0407. The van der Waals surface area contributed by atoms with Crippen LogP contribution in [0.2, 0.25) is 0 Å². The standard InChI is InChI=1S/C22H27N3O2.ClH/c1-16-7-5-6-10-19(16)22(27)24-18-11-13-25(14-12-18)21(26)15-20(23)17-8-3-2-4-9-17;/h2-10,18,20H,11-15,23H2,1H3,(H,24,27);1H. The third kappa shape index (κ3) is 5.57. The first kappa shape index (κ1) is 21.9. The fraction of sp³-hybridized carbons (Fsp3) is 0.364. The minimum absolute atomic E-state index is 0. The van der Waals surface area contributed by atoms with Gasteiger partial charge in [-0.3, -0.25) is 9.59 Å². The van der Waals surface area contributed by atoms with Gasteiger partial charge in [0.15, 0.2) is 0 Å². The summed E-state index contributed by atoms with van der Waals surface area (Å²) in [5.41, 5.74) is 8.83. The van der Waals surface area contributed by atoms with Crippen LogP contribution in [0, 0.1) is 6.92 Å². The molecule has 1 heterocycles. The molecule has 1 unspecified atom stereocenters. The van der Waals surface area contributed by atoms with Gasteiger partial charge in [-0.2, -0.15) is 0 Å². The minimum atomic E-state index is -0.280. The Bertz CT molecular complexity index is 789. The molecule has 0 bridgehead atoms. The van der Waals surface area contributed by atoms with Crippen molar-refractivity contribution in [2.24, 2.45) is 5.73 Å². The minimum Gasteiger partial charge on any atom is -0.349 e. The van der Waals surface area contributed by atoms with E-state index < -0.39 is 0 Å². The SMILES string of the molecule is Cc1ccccc1C(=O)NC1CCN(C(=O)CC(N)c2ccccc2)CC1.Cl. The molecule has 3 N–H and O–H groups in total. The Hall–Kier alpha value is -2.37. The normalized spacial score (nSPS) is 15.4. The Kier molecular flexibility index (Phi) is 8.03. The van der Waals surface area contributed by atoms with E-state index in [9.17, 15) is 9.59 Å². The Morgan fingerprint density at radius 2 is 1.68 bits per heavy atom. The number of nitrogens with two attached hydrogens (primary N) is 1.